The standard InChI is InChI=1S/C33H27N3O4S/c37-30(24-13-5-2-6-14-24)35-29(21-23-11-3-1-4-12-23)31(38)34-25-15-9-16-26(22-25)41-20-10-19-36-32(39)27-17-7-8-18-28(27)33(36)40/h1-9,11-18,21-22H,10,19-20H2,(H,34,38)(H,35,37)/b29-21+. The van der Waals surface area contributed by atoms with Crippen molar-refractivity contribution < 1.29 is 19.2 Å². The van der Waals surface area contributed by atoms with Crippen molar-refractivity contribution in [3.63, 3.8) is 0 Å². The minimum Gasteiger partial charge on any atom is -0.321 e. The Morgan fingerprint density at radius 3 is 2.07 bits per heavy atom. The lowest BCUT2D eigenvalue weighted by Crippen LogP contribution is -2.31. The molecular weight excluding hydrogens is 534 g/mol. The van der Waals surface area contributed by atoms with Crippen LogP contribution in [0.4, 0.5) is 5.69 Å². The minimum atomic E-state index is -0.453. The molecule has 0 saturated carbocycles. The second-order valence-electron chi connectivity index (χ2n) is 9.28. The highest BCUT2D eigenvalue weighted by molar-refractivity contribution is 7.99. The van der Waals surface area contributed by atoms with Crippen LogP contribution in [-0.2, 0) is 4.79 Å². The summed E-state index contributed by atoms with van der Waals surface area (Å²) >= 11 is 1.57. The van der Waals surface area contributed by atoms with Crippen molar-refractivity contribution in [3.05, 3.63) is 137 Å². The fourth-order valence-corrected chi connectivity index (χ4v) is 5.27. The third kappa shape index (κ3) is 6.80. The van der Waals surface area contributed by atoms with E-state index >= 15 is 0 Å². The quantitative estimate of drug-likeness (QED) is 0.109. The Kier molecular flexibility index (Phi) is 8.71. The van der Waals surface area contributed by atoms with Gasteiger partial charge in [-0.05, 0) is 66.3 Å². The molecule has 4 aromatic carbocycles. The molecule has 8 heteroatoms. The summed E-state index contributed by atoms with van der Waals surface area (Å²) in [5.74, 6) is -0.661. The molecule has 4 amide bonds. The van der Waals surface area contributed by atoms with Crippen LogP contribution in [0.25, 0.3) is 6.08 Å². The van der Waals surface area contributed by atoms with Crippen molar-refractivity contribution in [2.45, 2.75) is 11.3 Å². The number of fused-ring (bicyclic) bond motifs is 1. The average Bonchev–Trinajstić information content (AvgIpc) is 3.25. The van der Waals surface area contributed by atoms with E-state index < -0.39 is 5.91 Å². The van der Waals surface area contributed by atoms with Crippen LogP contribution in [0.2, 0.25) is 0 Å². The van der Waals surface area contributed by atoms with Crippen molar-refractivity contribution in [2.75, 3.05) is 17.6 Å². The van der Waals surface area contributed by atoms with E-state index in [0.717, 1.165) is 10.5 Å². The van der Waals surface area contributed by atoms with Gasteiger partial charge in [0.1, 0.15) is 5.70 Å². The van der Waals surface area contributed by atoms with Gasteiger partial charge in [0.2, 0.25) is 0 Å². The highest BCUT2D eigenvalue weighted by atomic mass is 32.2. The first-order chi connectivity index (χ1) is 20.0. The first kappa shape index (κ1) is 27.6. The zero-order valence-electron chi connectivity index (χ0n) is 22.1. The molecule has 4 aromatic rings. The zero-order chi connectivity index (χ0) is 28.6. The first-order valence-electron chi connectivity index (χ1n) is 13.1. The third-order valence-corrected chi connectivity index (χ3v) is 7.48. The van der Waals surface area contributed by atoms with Gasteiger partial charge in [-0.1, -0.05) is 66.7 Å². The van der Waals surface area contributed by atoms with E-state index in [1.165, 1.54) is 4.90 Å². The Balaban J connectivity index is 1.20. The Bertz CT molecular complexity index is 1590. The van der Waals surface area contributed by atoms with Crippen LogP contribution in [-0.4, -0.2) is 40.8 Å². The van der Waals surface area contributed by atoms with Gasteiger partial charge in [-0.3, -0.25) is 24.1 Å². The minimum absolute atomic E-state index is 0.115. The number of amides is 4. The molecule has 1 heterocycles. The summed E-state index contributed by atoms with van der Waals surface area (Å²) in [6.07, 6.45) is 2.26. The van der Waals surface area contributed by atoms with Gasteiger partial charge < -0.3 is 10.6 Å². The van der Waals surface area contributed by atoms with Gasteiger partial charge in [0.25, 0.3) is 23.6 Å². The van der Waals surface area contributed by atoms with Crippen molar-refractivity contribution >= 4 is 47.2 Å². The second-order valence-corrected chi connectivity index (χ2v) is 10.4. The SMILES string of the molecule is O=C(Nc1cccc(SCCCN2C(=O)c3ccccc3C2=O)c1)/C(=C\c1ccccc1)NC(=O)c1ccccc1. The van der Waals surface area contributed by atoms with E-state index in [2.05, 4.69) is 10.6 Å². The van der Waals surface area contributed by atoms with E-state index in [4.69, 9.17) is 0 Å². The zero-order valence-corrected chi connectivity index (χ0v) is 22.9. The highest BCUT2D eigenvalue weighted by Crippen LogP contribution is 2.25. The van der Waals surface area contributed by atoms with Crippen LogP contribution in [0.3, 0.4) is 0 Å². The summed E-state index contributed by atoms with van der Waals surface area (Å²) in [5.41, 5.74) is 2.81. The summed E-state index contributed by atoms with van der Waals surface area (Å²) in [5, 5.41) is 5.63. The summed E-state index contributed by atoms with van der Waals surface area (Å²) in [7, 11) is 0. The number of carbonyl (C=O) groups is 4. The van der Waals surface area contributed by atoms with Crippen LogP contribution >= 0.6 is 11.8 Å². The van der Waals surface area contributed by atoms with E-state index in [1.54, 1.807) is 72.4 Å². The molecule has 0 aliphatic carbocycles. The summed E-state index contributed by atoms with van der Waals surface area (Å²) in [6, 6.07) is 32.3. The smallest absolute Gasteiger partial charge is 0.272 e. The molecule has 0 bridgehead atoms. The van der Waals surface area contributed by atoms with Gasteiger partial charge in [-0.15, -0.1) is 11.8 Å². The monoisotopic (exact) mass is 561 g/mol. The number of hydrogen-bond acceptors (Lipinski definition) is 5. The number of hydrogen-bond donors (Lipinski definition) is 2. The lowest BCUT2D eigenvalue weighted by atomic mass is 10.1. The predicted octanol–water partition coefficient (Wildman–Crippen LogP) is 5.87. The molecule has 1 aliphatic heterocycles. The third-order valence-electron chi connectivity index (χ3n) is 6.40. The fourth-order valence-electron chi connectivity index (χ4n) is 4.38. The molecule has 0 saturated heterocycles. The molecule has 5 rings (SSSR count). The molecule has 204 valence electrons. The van der Waals surface area contributed by atoms with Crippen molar-refractivity contribution in [2.24, 2.45) is 0 Å². The van der Waals surface area contributed by atoms with Crippen molar-refractivity contribution in [3.8, 4) is 0 Å². The van der Waals surface area contributed by atoms with Crippen LogP contribution < -0.4 is 10.6 Å². The number of rotatable bonds is 10. The molecular formula is C33H27N3O4S. The van der Waals surface area contributed by atoms with Crippen LogP contribution in [0.1, 0.15) is 43.1 Å². The molecule has 1 aliphatic rings. The Labute approximate surface area is 242 Å². The number of anilines is 1. The van der Waals surface area contributed by atoms with Gasteiger partial charge in [0.05, 0.1) is 11.1 Å². The molecule has 0 atom stereocenters. The molecule has 0 fully saturated rings. The molecule has 7 nitrogen and oxygen atoms in total. The van der Waals surface area contributed by atoms with Crippen LogP contribution in [0.15, 0.2) is 120 Å². The number of thioether (sulfide) groups is 1. The number of carbonyl (C=O) groups excluding carboxylic acids is 4. The van der Waals surface area contributed by atoms with Gasteiger partial charge in [-0.2, -0.15) is 0 Å². The van der Waals surface area contributed by atoms with Crippen molar-refractivity contribution in [1.82, 2.24) is 10.2 Å². The largest absolute Gasteiger partial charge is 0.321 e. The van der Waals surface area contributed by atoms with Gasteiger partial charge in [-0.25, -0.2) is 0 Å². The van der Waals surface area contributed by atoms with Gasteiger partial charge in [0, 0.05) is 22.7 Å². The Hall–Kier alpha value is -4.95. The molecule has 2 N–H and O–H groups in total. The normalized spacial score (nSPS) is 12.7. The van der Waals surface area contributed by atoms with E-state index in [9.17, 15) is 19.2 Å². The maximum atomic E-state index is 13.3. The van der Waals surface area contributed by atoms with Crippen LogP contribution in [0, 0.1) is 0 Å². The summed E-state index contributed by atoms with van der Waals surface area (Å²) < 4.78 is 0. The Morgan fingerprint density at radius 1 is 0.756 bits per heavy atom. The fraction of sp³-hybridized carbons (Fsp3) is 0.0909. The Morgan fingerprint density at radius 2 is 1.39 bits per heavy atom. The molecule has 0 radical (unpaired) electrons. The van der Waals surface area contributed by atoms with Gasteiger partial charge in [0.15, 0.2) is 0 Å². The van der Waals surface area contributed by atoms with Crippen LogP contribution in [0.5, 0.6) is 0 Å². The van der Waals surface area contributed by atoms with E-state index in [-0.39, 0.29) is 23.4 Å². The average molecular weight is 562 g/mol. The number of nitrogens with one attached hydrogen (secondary N) is 2. The predicted molar refractivity (Wildman–Crippen MR) is 161 cm³/mol. The number of nitrogens with zero attached hydrogens (tertiary/aromatic N) is 1. The topological polar surface area (TPSA) is 95.6 Å². The summed E-state index contributed by atoms with van der Waals surface area (Å²) in [6.45, 7) is 0.338. The number of imide groups is 1. The number of benzene rings is 4. The maximum Gasteiger partial charge on any atom is 0.272 e. The lowest BCUT2D eigenvalue weighted by Gasteiger charge is -2.14. The first-order valence-corrected chi connectivity index (χ1v) is 14.1. The van der Waals surface area contributed by atoms with E-state index in [0.29, 0.717) is 41.1 Å². The molecule has 0 unspecified atom stereocenters. The molecule has 0 spiro atoms. The highest BCUT2D eigenvalue weighted by Gasteiger charge is 2.34. The van der Waals surface area contributed by atoms with E-state index in [1.807, 2.05) is 54.6 Å². The van der Waals surface area contributed by atoms with Crippen molar-refractivity contribution in [1.29, 1.82) is 0 Å². The second kappa shape index (κ2) is 12.9. The molecule has 41 heavy (non-hydrogen) atoms. The van der Waals surface area contributed by atoms with Gasteiger partial charge >= 0.3 is 0 Å². The molecule has 0 aromatic heterocycles. The lowest BCUT2D eigenvalue weighted by molar-refractivity contribution is -0.113. The maximum absolute atomic E-state index is 13.3. The summed E-state index contributed by atoms with van der Waals surface area (Å²) in [4.78, 5) is 53.5.